The summed E-state index contributed by atoms with van der Waals surface area (Å²) in [4.78, 5) is 0. The van der Waals surface area contributed by atoms with E-state index in [0.29, 0.717) is 5.92 Å². The highest BCUT2D eigenvalue weighted by atomic mass is 19.2. The van der Waals surface area contributed by atoms with Crippen LogP contribution in [0.4, 0.5) is 8.78 Å². The van der Waals surface area contributed by atoms with Crippen LogP contribution in [-0.2, 0) is 0 Å². The average molecular weight is 297 g/mol. The Labute approximate surface area is 125 Å². The van der Waals surface area contributed by atoms with Gasteiger partial charge in [0.1, 0.15) is 6.10 Å². The van der Waals surface area contributed by atoms with Gasteiger partial charge in [-0.25, -0.2) is 4.39 Å². The summed E-state index contributed by atoms with van der Waals surface area (Å²) in [5.41, 5.74) is 0. The zero-order chi connectivity index (χ0) is 15.2. The van der Waals surface area contributed by atoms with Crippen molar-refractivity contribution in [3.8, 4) is 5.75 Å². The predicted octanol–water partition coefficient (Wildman–Crippen LogP) is 4.29. The van der Waals surface area contributed by atoms with Crippen molar-refractivity contribution in [1.29, 1.82) is 0 Å². The Balaban J connectivity index is 2.09. The van der Waals surface area contributed by atoms with Gasteiger partial charge in [-0.1, -0.05) is 32.8 Å². The fourth-order valence-corrected chi connectivity index (χ4v) is 3.25. The van der Waals surface area contributed by atoms with Gasteiger partial charge in [0, 0.05) is 6.04 Å². The normalized spacial score (nSPS) is 25.8. The smallest absolute Gasteiger partial charge is 0.200 e. The molecule has 4 heteroatoms. The molecule has 0 aromatic heterocycles. The van der Waals surface area contributed by atoms with Gasteiger partial charge in [-0.15, -0.1) is 0 Å². The maximum Gasteiger partial charge on any atom is 0.200 e. The van der Waals surface area contributed by atoms with Gasteiger partial charge in [-0.3, -0.25) is 0 Å². The summed E-state index contributed by atoms with van der Waals surface area (Å²) in [5, 5.41) is 3.41. The fraction of sp³-hybridized carbons (Fsp3) is 0.647. The Hall–Kier alpha value is -1.16. The minimum absolute atomic E-state index is 0.0278. The second-order valence-electron chi connectivity index (χ2n) is 5.84. The van der Waals surface area contributed by atoms with Gasteiger partial charge in [0.15, 0.2) is 11.6 Å². The van der Waals surface area contributed by atoms with Crippen LogP contribution in [0.25, 0.3) is 0 Å². The molecular weight excluding hydrogens is 272 g/mol. The Kier molecular flexibility index (Phi) is 5.97. The van der Waals surface area contributed by atoms with Gasteiger partial charge in [-0.2, -0.15) is 4.39 Å². The van der Waals surface area contributed by atoms with E-state index >= 15 is 0 Å². The third-order valence-electron chi connectivity index (χ3n) is 4.26. The lowest BCUT2D eigenvalue weighted by molar-refractivity contribution is 0.0797. The summed E-state index contributed by atoms with van der Waals surface area (Å²) in [7, 11) is 0. The summed E-state index contributed by atoms with van der Waals surface area (Å²) >= 11 is 0. The van der Waals surface area contributed by atoms with Crippen LogP contribution in [0.5, 0.6) is 5.75 Å². The number of likely N-dealkylation sites (N-methyl/N-ethyl adjacent to an activating group) is 1. The van der Waals surface area contributed by atoms with Gasteiger partial charge in [-0.05, 0) is 43.9 Å². The molecule has 0 radical (unpaired) electrons. The molecule has 118 valence electrons. The molecular formula is C17H25F2NO. The summed E-state index contributed by atoms with van der Waals surface area (Å²) in [5.74, 6) is -1.09. The van der Waals surface area contributed by atoms with Gasteiger partial charge in [0.2, 0.25) is 5.82 Å². The Morgan fingerprint density at radius 1 is 1.24 bits per heavy atom. The molecule has 0 bridgehead atoms. The van der Waals surface area contributed by atoms with Gasteiger partial charge in [0.05, 0.1) is 0 Å². The molecule has 1 N–H and O–H groups in total. The third kappa shape index (κ3) is 4.16. The molecule has 0 heterocycles. The monoisotopic (exact) mass is 297 g/mol. The lowest BCUT2D eigenvalue weighted by Gasteiger charge is -2.36. The molecule has 0 spiro atoms. The number of hydrogen-bond donors (Lipinski definition) is 1. The van der Waals surface area contributed by atoms with Crippen LogP contribution in [0.15, 0.2) is 18.2 Å². The van der Waals surface area contributed by atoms with Crippen molar-refractivity contribution < 1.29 is 13.5 Å². The molecule has 2 nitrogen and oxygen atoms in total. The first-order valence-electron chi connectivity index (χ1n) is 7.99. The van der Waals surface area contributed by atoms with Crippen LogP contribution in [0.3, 0.4) is 0 Å². The molecule has 1 aliphatic carbocycles. The molecule has 0 aliphatic heterocycles. The van der Waals surface area contributed by atoms with E-state index in [1.165, 1.54) is 25.0 Å². The summed E-state index contributed by atoms with van der Waals surface area (Å²) in [6.07, 6.45) is 5.34. The van der Waals surface area contributed by atoms with Crippen molar-refractivity contribution >= 4 is 0 Å². The Bertz CT molecular complexity index is 452. The number of halogens is 2. The van der Waals surface area contributed by atoms with Crippen LogP contribution in [0.2, 0.25) is 0 Å². The summed E-state index contributed by atoms with van der Waals surface area (Å²) in [6.45, 7) is 5.09. The molecule has 1 aliphatic rings. The molecule has 21 heavy (non-hydrogen) atoms. The number of hydrogen-bond acceptors (Lipinski definition) is 2. The molecule has 3 unspecified atom stereocenters. The Morgan fingerprint density at radius 3 is 2.76 bits per heavy atom. The van der Waals surface area contributed by atoms with Gasteiger partial charge < -0.3 is 10.1 Å². The SMILES string of the molecule is CCCC1CCC(NCC)C(Oc2cccc(F)c2F)C1. The van der Waals surface area contributed by atoms with E-state index < -0.39 is 11.6 Å². The maximum absolute atomic E-state index is 13.8. The zero-order valence-corrected chi connectivity index (χ0v) is 12.9. The van der Waals surface area contributed by atoms with E-state index in [-0.39, 0.29) is 17.9 Å². The minimum Gasteiger partial charge on any atom is -0.486 e. The molecule has 0 saturated heterocycles. The maximum atomic E-state index is 13.8. The van der Waals surface area contributed by atoms with Crippen molar-refractivity contribution in [3.05, 3.63) is 29.8 Å². The van der Waals surface area contributed by atoms with E-state index in [0.717, 1.165) is 31.9 Å². The van der Waals surface area contributed by atoms with Crippen molar-refractivity contribution in [1.82, 2.24) is 5.32 Å². The summed E-state index contributed by atoms with van der Waals surface area (Å²) in [6, 6.07) is 4.32. The van der Waals surface area contributed by atoms with Crippen LogP contribution in [-0.4, -0.2) is 18.7 Å². The molecule has 1 aromatic carbocycles. The number of benzene rings is 1. The second kappa shape index (κ2) is 7.74. The highest BCUT2D eigenvalue weighted by molar-refractivity contribution is 5.25. The largest absolute Gasteiger partial charge is 0.486 e. The van der Waals surface area contributed by atoms with Crippen molar-refractivity contribution in [2.24, 2.45) is 5.92 Å². The van der Waals surface area contributed by atoms with Crippen molar-refractivity contribution in [3.63, 3.8) is 0 Å². The lowest BCUT2D eigenvalue weighted by Crippen LogP contribution is -2.47. The number of rotatable bonds is 6. The van der Waals surface area contributed by atoms with Crippen LogP contribution >= 0.6 is 0 Å². The van der Waals surface area contributed by atoms with Gasteiger partial charge in [0.25, 0.3) is 0 Å². The van der Waals surface area contributed by atoms with E-state index in [2.05, 4.69) is 19.2 Å². The number of nitrogens with one attached hydrogen (secondary N) is 1. The van der Waals surface area contributed by atoms with Crippen LogP contribution in [0, 0.1) is 17.6 Å². The van der Waals surface area contributed by atoms with Crippen molar-refractivity contribution in [2.75, 3.05) is 6.54 Å². The topological polar surface area (TPSA) is 21.3 Å². The molecule has 2 rings (SSSR count). The van der Waals surface area contributed by atoms with Gasteiger partial charge >= 0.3 is 0 Å². The molecule has 1 fully saturated rings. The highest BCUT2D eigenvalue weighted by Gasteiger charge is 2.31. The van der Waals surface area contributed by atoms with Crippen molar-refractivity contribution in [2.45, 2.75) is 58.1 Å². The second-order valence-corrected chi connectivity index (χ2v) is 5.84. The highest BCUT2D eigenvalue weighted by Crippen LogP contribution is 2.32. The van der Waals surface area contributed by atoms with E-state index in [9.17, 15) is 8.78 Å². The first-order chi connectivity index (χ1) is 10.2. The lowest BCUT2D eigenvalue weighted by atomic mass is 9.81. The average Bonchev–Trinajstić information content (AvgIpc) is 2.47. The number of ether oxygens (including phenoxy) is 1. The minimum atomic E-state index is -0.884. The molecule has 3 atom stereocenters. The van der Waals surface area contributed by atoms with E-state index in [1.807, 2.05) is 0 Å². The first-order valence-corrected chi connectivity index (χ1v) is 7.99. The fourth-order valence-electron chi connectivity index (χ4n) is 3.25. The standard InChI is InChI=1S/C17H25F2NO/c1-3-6-12-9-10-14(20-4-2)16(11-12)21-15-8-5-7-13(18)17(15)19/h5,7-8,12,14,16,20H,3-4,6,9-11H2,1-2H3. The van der Waals surface area contributed by atoms with E-state index in [4.69, 9.17) is 4.74 Å². The summed E-state index contributed by atoms with van der Waals surface area (Å²) < 4.78 is 32.9. The molecule has 0 amide bonds. The molecule has 1 aromatic rings. The van der Waals surface area contributed by atoms with E-state index in [1.54, 1.807) is 0 Å². The third-order valence-corrected chi connectivity index (χ3v) is 4.26. The quantitative estimate of drug-likeness (QED) is 0.845. The predicted molar refractivity (Wildman–Crippen MR) is 80.5 cm³/mol. The zero-order valence-electron chi connectivity index (χ0n) is 12.9. The first kappa shape index (κ1) is 16.2. The van der Waals surface area contributed by atoms with Crippen LogP contribution < -0.4 is 10.1 Å². The Morgan fingerprint density at radius 2 is 2.05 bits per heavy atom. The van der Waals surface area contributed by atoms with Crippen LogP contribution in [0.1, 0.15) is 46.0 Å². The molecule has 1 saturated carbocycles.